The van der Waals surface area contributed by atoms with E-state index in [4.69, 9.17) is 21.1 Å². The number of hydrogen-bond acceptors (Lipinski definition) is 5. The first kappa shape index (κ1) is 19.2. The molecule has 0 radical (unpaired) electrons. The number of nitrogens with one attached hydrogen (secondary N) is 1. The fourth-order valence-corrected chi connectivity index (χ4v) is 2.32. The number of halogens is 1. The topological polar surface area (TPSA) is 67.8 Å². The van der Waals surface area contributed by atoms with Crippen LogP contribution in [0.2, 0.25) is 5.02 Å². The zero-order chi connectivity index (χ0) is 18.1. The maximum Gasteiger partial charge on any atom is 0.344 e. The second-order valence-electron chi connectivity index (χ2n) is 5.66. The van der Waals surface area contributed by atoms with Gasteiger partial charge in [-0.2, -0.15) is 0 Å². The predicted octanol–water partition coefficient (Wildman–Crippen LogP) is 2.97. The van der Waals surface area contributed by atoms with Crippen LogP contribution in [0.25, 0.3) is 0 Å². The molecule has 0 fully saturated rings. The lowest BCUT2D eigenvalue weighted by Crippen LogP contribution is -2.35. The highest BCUT2D eigenvalue weighted by Gasteiger charge is 2.12. The van der Waals surface area contributed by atoms with Crippen molar-refractivity contribution in [2.24, 2.45) is 0 Å². The molecule has 2 atom stereocenters. The number of carbonyl (C=O) groups excluding carboxylic acids is 1. The molecule has 2 unspecified atom stereocenters. The number of hydrogen-bond donors (Lipinski definition) is 2. The molecule has 0 saturated heterocycles. The molecule has 0 saturated carbocycles. The zero-order valence-corrected chi connectivity index (χ0v) is 14.8. The Balaban J connectivity index is 1.64. The van der Waals surface area contributed by atoms with Crippen LogP contribution < -0.4 is 10.1 Å². The number of carbonyl (C=O) groups is 1. The summed E-state index contributed by atoms with van der Waals surface area (Å²) in [6.07, 6.45) is -0.682. The van der Waals surface area contributed by atoms with Gasteiger partial charge in [0.05, 0.1) is 6.10 Å². The molecule has 6 heteroatoms. The standard InChI is InChI=1S/C19H22ClNO4/c1-14(21-11-18(22)15-6-5-7-16(20)10-15)12-25-19(23)13-24-17-8-3-2-4-9-17/h2-10,14,18,21-22H,11-13H2,1H3. The molecule has 0 aliphatic rings. The lowest BCUT2D eigenvalue weighted by atomic mass is 10.1. The van der Waals surface area contributed by atoms with Crippen LogP contribution in [-0.2, 0) is 9.53 Å². The van der Waals surface area contributed by atoms with Crippen LogP contribution in [0, 0.1) is 0 Å². The van der Waals surface area contributed by atoms with E-state index < -0.39 is 12.1 Å². The first-order chi connectivity index (χ1) is 12.0. The van der Waals surface area contributed by atoms with Gasteiger partial charge in [0.25, 0.3) is 0 Å². The van der Waals surface area contributed by atoms with Gasteiger partial charge in [-0.05, 0) is 36.8 Å². The third-order valence-electron chi connectivity index (χ3n) is 3.49. The Morgan fingerprint density at radius 3 is 2.68 bits per heavy atom. The van der Waals surface area contributed by atoms with E-state index in [1.807, 2.05) is 31.2 Å². The summed E-state index contributed by atoms with van der Waals surface area (Å²) in [6.45, 7) is 2.26. The molecule has 0 spiro atoms. The maximum absolute atomic E-state index is 11.7. The monoisotopic (exact) mass is 363 g/mol. The van der Waals surface area contributed by atoms with Crippen molar-refractivity contribution in [2.45, 2.75) is 19.1 Å². The maximum atomic E-state index is 11.7. The van der Waals surface area contributed by atoms with Crippen molar-refractivity contribution >= 4 is 17.6 Å². The number of aliphatic hydroxyl groups excluding tert-OH is 1. The van der Waals surface area contributed by atoms with Crippen molar-refractivity contribution in [3.63, 3.8) is 0 Å². The van der Waals surface area contributed by atoms with Gasteiger partial charge < -0.3 is 19.9 Å². The molecule has 0 amide bonds. The minimum absolute atomic E-state index is 0.102. The van der Waals surface area contributed by atoms with Gasteiger partial charge >= 0.3 is 5.97 Å². The molecule has 2 aromatic rings. The minimum Gasteiger partial charge on any atom is -0.482 e. The fourth-order valence-electron chi connectivity index (χ4n) is 2.12. The third kappa shape index (κ3) is 7.13. The SMILES string of the molecule is CC(COC(=O)COc1ccccc1)NCC(O)c1cccc(Cl)c1. The van der Waals surface area contributed by atoms with E-state index in [0.717, 1.165) is 5.56 Å². The van der Waals surface area contributed by atoms with Crippen molar-refractivity contribution in [1.82, 2.24) is 5.32 Å². The summed E-state index contributed by atoms with van der Waals surface area (Å²) in [6, 6.07) is 16.1. The van der Waals surface area contributed by atoms with Crippen LogP contribution >= 0.6 is 11.6 Å². The van der Waals surface area contributed by atoms with E-state index in [1.165, 1.54) is 0 Å². The van der Waals surface area contributed by atoms with Crippen molar-refractivity contribution in [1.29, 1.82) is 0 Å². The predicted molar refractivity (Wildman–Crippen MR) is 96.8 cm³/mol. The van der Waals surface area contributed by atoms with E-state index in [1.54, 1.807) is 30.3 Å². The Hall–Kier alpha value is -2.08. The minimum atomic E-state index is -0.682. The van der Waals surface area contributed by atoms with E-state index in [2.05, 4.69) is 5.32 Å². The smallest absolute Gasteiger partial charge is 0.344 e. The van der Waals surface area contributed by atoms with Gasteiger partial charge in [0.2, 0.25) is 0 Å². The number of esters is 1. The summed E-state index contributed by atoms with van der Waals surface area (Å²) in [5.41, 5.74) is 0.737. The van der Waals surface area contributed by atoms with E-state index in [9.17, 15) is 9.90 Å². The van der Waals surface area contributed by atoms with Gasteiger partial charge in [-0.1, -0.05) is 41.9 Å². The summed E-state index contributed by atoms with van der Waals surface area (Å²) < 4.78 is 10.5. The summed E-state index contributed by atoms with van der Waals surface area (Å²) in [5.74, 6) is 0.183. The van der Waals surface area contributed by atoms with Crippen LogP contribution in [0.3, 0.4) is 0 Å². The molecule has 0 aliphatic carbocycles. The molecule has 5 nitrogen and oxygen atoms in total. The fraction of sp³-hybridized carbons (Fsp3) is 0.316. The van der Waals surface area contributed by atoms with Crippen molar-refractivity contribution in [3.05, 3.63) is 65.2 Å². The van der Waals surface area contributed by atoms with Gasteiger partial charge in [0, 0.05) is 17.6 Å². The van der Waals surface area contributed by atoms with Crippen LogP contribution in [0.5, 0.6) is 5.75 Å². The molecule has 25 heavy (non-hydrogen) atoms. The molecule has 0 aliphatic heterocycles. The Morgan fingerprint density at radius 2 is 1.96 bits per heavy atom. The van der Waals surface area contributed by atoms with Crippen molar-refractivity contribution in [2.75, 3.05) is 19.8 Å². The molecule has 134 valence electrons. The van der Waals surface area contributed by atoms with E-state index in [-0.39, 0.29) is 19.3 Å². The van der Waals surface area contributed by atoms with E-state index >= 15 is 0 Å². The molecule has 0 heterocycles. The van der Waals surface area contributed by atoms with Crippen LogP contribution in [-0.4, -0.2) is 36.9 Å². The largest absolute Gasteiger partial charge is 0.482 e. The van der Waals surface area contributed by atoms with Gasteiger partial charge in [-0.15, -0.1) is 0 Å². The quantitative estimate of drug-likeness (QED) is 0.670. The molecule has 0 bridgehead atoms. The first-order valence-electron chi connectivity index (χ1n) is 8.05. The molecule has 2 rings (SSSR count). The second kappa shape index (κ2) is 10.0. The third-order valence-corrected chi connectivity index (χ3v) is 3.72. The second-order valence-corrected chi connectivity index (χ2v) is 6.10. The number of para-hydroxylation sites is 1. The Labute approximate surface area is 152 Å². The lowest BCUT2D eigenvalue weighted by Gasteiger charge is -2.17. The average molecular weight is 364 g/mol. The molecular formula is C19H22ClNO4. The van der Waals surface area contributed by atoms with Crippen LogP contribution in [0.4, 0.5) is 0 Å². The Kier molecular flexibility index (Phi) is 7.73. The molecule has 2 N–H and O–H groups in total. The highest BCUT2D eigenvalue weighted by Crippen LogP contribution is 2.17. The van der Waals surface area contributed by atoms with Gasteiger partial charge in [-0.3, -0.25) is 0 Å². The van der Waals surface area contributed by atoms with Gasteiger partial charge in [0.1, 0.15) is 12.4 Å². The lowest BCUT2D eigenvalue weighted by molar-refractivity contribution is -0.146. The van der Waals surface area contributed by atoms with E-state index in [0.29, 0.717) is 17.3 Å². The zero-order valence-electron chi connectivity index (χ0n) is 14.0. The highest BCUT2D eigenvalue weighted by atomic mass is 35.5. The summed E-state index contributed by atoms with van der Waals surface area (Å²) in [5, 5.41) is 13.8. The number of ether oxygens (including phenoxy) is 2. The molecule has 2 aromatic carbocycles. The average Bonchev–Trinajstić information content (AvgIpc) is 2.63. The summed E-state index contributed by atoms with van der Waals surface area (Å²) in [7, 11) is 0. The number of benzene rings is 2. The highest BCUT2D eigenvalue weighted by molar-refractivity contribution is 6.30. The Morgan fingerprint density at radius 1 is 1.20 bits per heavy atom. The first-order valence-corrected chi connectivity index (χ1v) is 8.43. The van der Waals surface area contributed by atoms with Gasteiger partial charge in [-0.25, -0.2) is 4.79 Å². The Bertz CT molecular complexity index is 665. The normalized spacial score (nSPS) is 13.1. The number of rotatable bonds is 9. The van der Waals surface area contributed by atoms with Crippen LogP contribution in [0.1, 0.15) is 18.6 Å². The van der Waals surface area contributed by atoms with Crippen LogP contribution in [0.15, 0.2) is 54.6 Å². The summed E-state index contributed by atoms with van der Waals surface area (Å²) in [4.78, 5) is 11.7. The summed E-state index contributed by atoms with van der Waals surface area (Å²) >= 11 is 5.91. The molecule has 0 aromatic heterocycles. The molecular weight excluding hydrogens is 342 g/mol. The van der Waals surface area contributed by atoms with Gasteiger partial charge in [0.15, 0.2) is 6.61 Å². The number of aliphatic hydroxyl groups is 1. The van der Waals surface area contributed by atoms with Crippen molar-refractivity contribution in [3.8, 4) is 5.75 Å². The van der Waals surface area contributed by atoms with Crippen molar-refractivity contribution < 1.29 is 19.4 Å².